The van der Waals surface area contributed by atoms with E-state index < -0.39 is 41.2 Å². The van der Waals surface area contributed by atoms with Crippen molar-refractivity contribution in [3.63, 3.8) is 0 Å². The van der Waals surface area contributed by atoms with Crippen LogP contribution in [0.3, 0.4) is 0 Å². The molecule has 1 unspecified atom stereocenters. The van der Waals surface area contributed by atoms with Crippen LogP contribution in [-0.2, 0) is 30.3 Å². The number of hydrogen-bond donors (Lipinski definition) is 4. The largest absolute Gasteiger partial charge is 0.464 e. The maximum absolute atomic E-state index is 13.1. The molecule has 0 saturated carbocycles. The molecule has 0 bridgehead atoms. The van der Waals surface area contributed by atoms with E-state index in [0.717, 1.165) is 5.69 Å². The number of benzene rings is 1. The van der Waals surface area contributed by atoms with Crippen molar-refractivity contribution in [2.24, 2.45) is 0 Å². The van der Waals surface area contributed by atoms with E-state index in [-0.39, 0.29) is 37.8 Å². The van der Waals surface area contributed by atoms with Crippen LogP contribution in [0, 0.1) is 0 Å². The molecule has 0 aliphatic carbocycles. The quantitative estimate of drug-likeness (QED) is 0.125. The van der Waals surface area contributed by atoms with Crippen LogP contribution in [0.1, 0.15) is 70.4 Å². The molecule has 1 aromatic carbocycles. The van der Waals surface area contributed by atoms with E-state index in [1.54, 1.807) is 72.0 Å². The predicted molar refractivity (Wildman–Crippen MR) is 174 cm³/mol. The lowest BCUT2D eigenvalue weighted by molar-refractivity contribution is -0.157. The first-order chi connectivity index (χ1) is 21.9. The number of anilines is 3. The number of hydrogen-bond acceptors (Lipinski definition) is 14. The van der Waals surface area contributed by atoms with Crippen LogP contribution < -0.4 is 27.0 Å². The van der Waals surface area contributed by atoms with Crippen LogP contribution >= 0.6 is 0 Å². The van der Waals surface area contributed by atoms with Crippen molar-refractivity contribution in [2.75, 3.05) is 36.6 Å². The number of carbonyl (C=O) groups excluding carboxylic acids is 4. The Morgan fingerprint density at radius 1 is 0.936 bits per heavy atom. The highest BCUT2D eigenvalue weighted by Gasteiger charge is 2.28. The molecule has 0 spiro atoms. The summed E-state index contributed by atoms with van der Waals surface area (Å²) in [5, 5.41) is 5.16. The molecule has 6 N–H and O–H groups in total. The van der Waals surface area contributed by atoms with Gasteiger partial charge < -0.3 is 41.2 Å². The van der Waals surface area contributed by atoms with Crippen LogP contribution in [0.25, 0.3) is 11.2 Å². The Balaban J connectivity index is 1.58. The first-order valence-corrected chi connectivity index (χ1v) is 14.9. The Labute approximate surface area is 273 Å². The van der Waals surface area contributed by atoms with Gasteiger partial charge in [-0.3, -0.25) is 9.59 Å². The minimum atomic E-state index is -1.12. The Hall–Kier alpha value is -5.28. The third-order valence-electron chi connectivity index (χ3n) is 6.14. The van der Waals surface area contributed by atoms with Crippen LogP contribution in [-0.4, -0.2) is 81.3 Å². The molecule has 254 valence electrons. The fourth-order valence-electron chi connectivity index (χ4n) is 4.09. The SMILES string of the molecule is CN(Cc1cnc2nc(N)nc(N)c2n1)c1ccc(C(=O)NC(CCC(=O)OCCNC(=O)OC(C)(C)C)C(=O)OC(C)(C)C)cc1. The number of fused-ring (bicyclic) bond motifs is 1. The number of nitrogens with two attached hydrogens (primary N) is 2. The van der Waals surface area contributed by atoms with Gasteiger partial charge in [0, 0.05) is 24.7 Å². The van der Waals surface area contributed by atoms with Gasteiger partial charge in [-0.2, -0.15) is 9.97 Å². The Morgan fingerprint density at radius 3 is 2.23 bits per heavy atom. The summed E-state index contributed by atoms with van der Waals surface area (Å²) in [5.41, 5.74) is 12.4. The maximum Gasteiger partial charge on any atom is 0.407 e. The first-order valence-electron chi connectivity index (χ1n) is 14.9. The smallest absolute Gasteiger partial charge is 0.407 e. The fraction of sp³-hybridized carbons (Fsp3) is 0.484. The molecule has 0 aliphatic heterocycles. The minimum Gasteiger partial charge on any atom is -0.464 e. The number of nitrogens with zero attached hydrogens (tertiary/aromatic N) is 5. The van der Waals surface area contributed by atoms with E-state index in [1.807, 2.05) is 11.9 Å². The minimum absolute atomic E-state index is 0.0137. The number of esters is 2. The van der Waals surface area contributed by atoms with Gasteiger partial charge in [-0.1, -0.05) is 0 Å². The summed E-state index contributed by atoms with van der Waals surface area (Å²) < 4.78 is 15.7. The zero-order valence-electron chi connectivity index (χ0n) is 27.7. The number of nitrogen functional groups attached to an aromatic ring is 2. The third kappa shape index (κ3) is 11.9. The van der Waals surface area contributed by atoms with E-state index in [2.05, 4.69) is 30.6 Å². The van der Waals surface area contributed by atoms with Gasteiger partial charge in [0.25, 0.3) is 5.91 Å². The van der Waals surface area contributed by atoms with Gasteiger partial charge in [-0.05, 0) is 72.2 Å². The van der Waals surface area contributed by atoms with E-state index in [4.69, 9.17) is 25.7 Å². The van der Waals surface area contributed by atoms with Crippen molar-refractivity contribution in [2.45, 2.75) is 78.2 Å². The van der Waals surface area contributed by atoms with Gasteiger partial charge >= 0.3 is 18.0 Å². The van der Waals surface area contributed by atoms with Gasteiger partial charge in [0.2, 0.25) is 5.95 Å². The number of rotatable bonds is 12. The van der Waals surface area contributed by atoms with E-state index in [0.29, 0.717) is 29.0 Å². The Bertz CT molecular complexity index is 1590. The van der Waals surface area contributed by atoms with E-state index in [9.17, 15) is 19.2 Å². The molecular weight excluding hydrogens is 610 g/mol. The molecule has 2 heterocycles. The highest BCUT2D eigenvalue weighted by atomic mass is 16.6. The lowest BCUT2D eigenvalue weighted by Gasteiger charge is -2.24. The molecular formula is C31H43N9O7. The average molecular weight is 654 g/mol. The molecule has 16 nitrogen and oxygen atoms in total. The molecule has 3 aromatic rings. The molecule has 0 saturated heterocycles. The van der Waals surface area contributed by atoms with Gasteiger partial charge in [0.05, 0.1) is 25.0 Å². The van der Waals surface area contributed by atoms with Crippen LogP contribution in [0.4, 0.5) is 22.2 Å². The van der Waals surface area contributed by atoms with Crippen molar-refractivity contribution < 1.29 is 33.4 Å². The first kappa shape index (κ1) is 36.2. The zero-order chi connectivity index (χ0) is 34.9. The highest BCUT2D eigenvalue weighted by Crippen LogP contribution is 2.19. The summed E-state index contributed by atoms with van der Waals surface area (Å²) >= 11 is 0. The molecule has 2 aromatic heterocycles. The van der Waals surface area contributed by atoms with Gasteiger partial charge in [0.15, 0.2) is 17.0 Å². The van der Waals surface area contributed by atoms with Crippen LogP contribution in [0.15, 0.2) is 30.5 Å². The standard InChI is InChI=1S/C31H43N9O7/c1-30(2,3)46-27(43)21(12-13-22(41)45-15-14-34-29(44)47-31(4,5)6)37-26(42)18-8-10-20(11-9-18)40(7)17-19-16-35-25-23(36-19)24(32)38-28(33)39-25/h8-11,16,21H,12-15,17H2,1-7H3,(H,34,44)(H,37,42)(H4,32,33,35,38,39). The normalized spacial score (nSPS) is 12.1. The van der Waals surface area contributed by atoms with E-state index >= 15 is 0 Å². The maximum atomic E-state index is 13.1. The second kappa shape index (κ2) is 15.3. The topological polar surface area (TPSA) is 227 Å². The van der Waals surface area contributed by atoms with Crippen molar-refractivity contribution in [3.05, 3.63) is 41.7 Å². The second-order valence-electron chi connectivity index (χ2n) is 12.7. The van der Waals surface area contributed by atoms with Crippen LogP contribution in [0.5, 0.6) is 0 Å². The summed E-state index contributed by atoms with van der Waals surface area (Å²) in [5.74, 6) is -1.68. The summed E-state index contributed by atoms with van der Waals surface area (Å²) in [4.78, 5) is 68.8. The van der Waals surface area contributed by atoms with Crippen molar-refractivity contribution in [3.8, 4) is 0 Å². The second-order valence-corrected chi connectivity index (χ2v) is 12.7. The number of alkyl carbamates (subject to hydrolysis) is 1. The Kier molecular flexibility index (Phi) is 11.8. The summed E-state index contributed by atoms with van der Waals surface area (Å²) in [6.07, 6.45) is 0.700. The van der Waals surface area contributed by atoms with Crippen molar-refractivity contribution in [1.29, 1.82) is 0 Å². The molecule has 1 atom stereocenters. The van der Waals surface area contributed by atoms with Crippen LogP contribution in [0.2, 0.25) is 0 Å². The lowest BCUT2D eigenvalue weighted by atomic mass is 10.1. The number of aromatic nitrogens is 4. The number of nitrogens with one attached hydrogen (secondary N) is 2. The summed E-state index contributed by atoms with van der Waals surface area (Å²) in [6, 6.07) is 5.59. The van der Waals surface area contributed by atoms with Crippen molar-refractivity contribution >= 4 is 52.6 Å². The monoisotopic (exact) mass is 653 g/mol. The summed E-state index contributed by atoms with van der Waals surface area (Å²) in [6.45, 7) is 10.6. The molecule has 0 fully saturated rings. The molecule has 0 radical (unpaired) electrons. The van der Waals surface area contributed by atoms with Crippen molar-refractivity contribution in [1.82, 2.24) is 30.6 Å². The number of ether oxygens (including phenoxy) is 3. The summed E-state index contributed by atoms with van der Waals surface area (Å²) in [7, 11) is 1.84. The number of amides is 2. The highest BCUT2D eigenvalue weighted by molar-refractivity contribution is 5.97. The van der Waals surface area contributed by atoms with Gasteiger partial charge in [0.1, 0.15) is 23.9 Å². The fourth-order valence-corrected chi connectivity index (χ4v) is 4.09. The van der Waals surface area contributed by atoms with Gasteiger partial charge in [-0.15, -0.1) is 0 Å². The predicted octanol–water partition coefficient (Wildman–Crippen LogP) is 2.51. The number of carbonyl (C=O) groups is 4. The molecule has 0 aliphatic rings. The molecule has 3 rings (SSSR count). The van der Waals surface area contributed by atoms with E-state index in [1.165, 1.54) is 0 Å². The zero-order valence-corrected chi connectivity index (χ0v) is 27.7. The molecule has 2 amide bonds. The lowest BCUT2D eigenvalue weighted by Crippen LogP contribution is -2.44. The third-order valence-corrected chi connectivity index (χ3v) is 6.14. The molecule has 16 heteroatoms. The Morgan fingerprint density at radius 2 is 1.60 bits per heavy atom. The molecule has 47 heavy (non-hydrogen) atoms. The van der Waals surface area contributed by atoms with Gasteiger partial charge in [-0.25, -0.2) is 19.6 Å². The average Bonchev–Trinajstić information content (AvgIpc) is 2.95.